The Kier molecular flexibility index (Phi) is 3.69. The molecule has 0 N–H and O–H groups in total. The number of carbonyl (C=O) groups excluding carboxylic acids is 1. The van der Waals surface area contributed by atoms with Gasteiger partial charge in [-0.2, -0.15) is 13.2 Å². The molecule has 9 heteroatoms. The molecule has 2 amide bonds. The molecule has 5 nitrogen and oxygen atoms in total. The fourth-order valence-electron chi connectivity index (χ4n) is 1.80. The van der Waals surface area contributed by atoms with Crippen LogP contribution in [0, 0.1) is 5.82 Å². The first-order valence-electron chi connectivity index (χ1n) is 5.65. The highest BCUT2D eigenvalue weighted by molar-refractivity contribution is 5.92. The van der Waals surface area contributed by atoms with E-state index in [4.69, 9.17) is 4.74 Å². The van der Waals surface area contributed by atoms with Gasteiger partial charge < -0.3 is 9.64 Å². The highest BCUT2D eigenvalue weighted by Crippen LogP contribution is 2.30. The summed E-state index contributed by atoms with van der Waals surface area (Å²) in [5.74, 6) is -0.608. The number of pyridine rings is 1. The minimum atomic E-state index is -4.49. The van der Waals surface area contributed by atoms with Gasteiger partial charge >= 0.3 is 12.2 Å². The van der Waals surface area contributed by atoms with E-state index < -0.39 is 24.6 Å². The van der Waals surface area contributed by atoms with E-state index in [0.717, 1.165) is 24.2 Å². The van der Waals surface area contributed by atoms with Crippen molar-refractivity contribution in [3.8, 4) is 5.75 Å². The molecule has 1 aliphatic heterocycles. The van der Waals surface area contributed by atoms with Gasteiger partial charge in [-0.25, -0.2) is 14.2 Å². The maximum absolute atomic E-state index is 13.0. The van der Waals surface area contributed by atoms with Gasteiger partial charge in [-0.1, -0.05) is 0 Å². The Morgan fingerprint density at radius 3 is 2.90 bits per heavy atom. The third-order valence-electron chi connectivity index (χ3n) is 2.60. The summed E-state index contributed by atoms with van der Waals surface area (Å²) >= 11 is 0. The molecule has 0 fully saturated rings. The van der Waals surface area contributed by atoms with Crippen molar-refractivity contribution in [2.45, 2.75) is 6.18 Å². The van der Waals surface area contributed by atoms with Crippen molar-refractivity contribution in [2.24, 2.45) is 0 Å². The third kappa shape index (κ3) is 3.09. The van der Waals surface area contributed by atoms with E-state index in [1.54, 1.807) is 0 Å². The number of urea groups is 1. The molecule has 1 aromatic rings. The zero-order chi connectivity index (χ0) is 14.9. The van der Waals surface area contributed by atoms with Crippen LogP contribution < -0.4 is 9.64 Å². The highest BCUT2D eigenvalue weighted by Gasteiger charge is 2.35. The number of carbonyl (C=O) groups is 1. The summed E-state index contributed by atoms with van der Waals surface area (Å²) in [7, 11) is 1.04. The van der Waals surface area contributed by atoms with E-state index in [1.807, 2.05) is 0 Å². The fourth-order valence-corrected chi connectivity index (χ4v) is 1.80. The Hall–Kier alpha value is -2.06. The number of amides is 2. The normalized spacial score (nSPS) is 14.6. The van der Waals surface area contributed by atoms with Gasteiger partial charge in [-0.15, -0.1) is 0 Å². The van der Waals surface area contributed by atoms with Gasteiger partial charge in [0.25, 0.3) is 0 Å². The summed E-state index contributed by atoms with van der Waals surface area (Å²) in [5, 5.41) is 0. The van der Waals surface area contributed by atoms with Crippen molar-refractivity contribution in [3.05, 3.63) is 18.1 Å². The second kappa shape index (κ2) is 5.14. The van der Waals surface area contributed by atoms with Crippen LogP contribution in [0.25, 0.3) is 0 Å². The summed E-state index contributed by atoms with van der Waals surface area (Å²) in [6, 6.07) is 0.164. The number of hydrogen-bond donors (Lipinski definition) is 0. The molecule has 0 atom stereocenters. The van der Waals surface area contributed by atoms with E-state index in [-0.39, 0.29) is 24.7 Å². The van der Waals surface area contributed by atoms with Crippen LogP contribution in [-0.4, -0.2) is 48.8 Å². The molecule has 0 bridgehead atoms. The SMILES string of the molecule is CN(CC(F)(F)F)C(=O)N1CCOc2cc(F)cnc21. The van der Waals surface area contributed by atoms with E-state index in [0.29, 0.717) is 4.90 Å². The zero-order valence-corrected chi connectivity index (χ0v) is 10.4. The first-order valence-corrected chi connectivity index (χ1v) is 5.65. The number of anilines is 1. The van der Waals surface area contributed by atoms with Crippen LogP contribution >= 0.6 is 0 Å². The van der Waals surface area contributed by atoms with Crippen LogP contribution in [0.3, 0.4) is 0 Å². The second-order valence-electron chi connectivity index (χ2n) is 4.23. The molecule has 0 radical (unpaired) electrons. The first-order chi connectivity index (χ1) is 9.28. The first kappa shape index (κ1) is 14.4. The van der Waals surface area contributed by atoms with Crippen molar-refractivity contribution >= 4 is 11.8 Å². The van der Waals surface area contributed by atoms with Crippen molar-refractivity contribution < 1.29 is 27.1 Å². The van der Waals surface area contributed by atoms with Gasteiger partial charge in [-0.3, -0.25) is 4.90 Å². The smallest absolute Gasteiger partial charge is 0.406 e. The summed E-state index contributed by atoms with van der Waals surface area (Å²) in [4.78, 5) is 17.2. The lowest BCUT2D eigenvalue weighted by molar-refractivity contribution is -0.137. The molecule has 2 rings (SSSR count). The molecule has 0 unspecified atom stereocenters. The molecular formula is C11H11F4N3O2. The third-order valence-corrected chi connectivity index (χ3v) is 2.60. The number of aromatic nitrogens is 1. The van der Waals surface area contributed by atoms with E-state index in [2.05, 4.69) is 4.98 Å². The monoisotopic (exact) mass is 293 g/mol. The molecule has 2 heterocycles. The van der Waals surface area contributed by atoms with Gasteiger partial charge in [-0.05, 0) is 0 Å². The number of ether oxygens (including phenoxy) is 1. The Morgan fingerprint density at radius 2 is 2.25 bits per heavy atom. The molecule has 0 saturated carbocycles. The summed E-state index contributed by atoms with van der Waals surface area (Å²) in [6.07, 6.45) is -3.62. The largest absolute Gasteiger partial charge is 0.488 e. The van der Waals surface area contributed by atoms with E-state index >= 15 is 0 Å². The fraction of sp³-hybridized carbons (Fsp3) is 0.455. The molecular weight excluding hydrogens is 282 g/mol. The van der Waals surface area contributed by atoms with Crippen LogP contribution in [0.1, 0.15) is 0 Å². The Balaban J connectivity index is 2.20. The molecule has 110 valence electrons. The van der Waals surface area contributed by atoms with Gasteiger partial charge in [0, 0.05) is 13.1 Å². The minimum absolute atomic E-state index is 0.0108. The number of alkyl halides is 3. The van der Waals surface area contributed by atoms with Crippen LogP contribution in [0.15, 0.2) is 12.3 Å². The average molecular weight is 293 g/mol. The molecule has 20 heavy (non-hydrogen) atoms. The van der Waals surface area contributed by atoms with Crippen molar-refractivity contribution in [2.75, 3.05) is 31.6 Å². The van der Waals surface area contributed by atoms with Gasteiger partial charge in [0.15, 0.2) is 11.6 Å². The highest BCUT2D eigenvalue weighted by atomic mass is 19.4. The zero-order valence-electron chi connectivity index (χ0n) is 10.4. The van der Waals surface area contributed by atoms with Gasteiger partial charge in [0.05, 0.1) is 12.7 Å². The van der Waals surface area contributed by atoms with Gasteiger partial charge in [0.2, 0.25) is 0 Å². The van der Waals surface area contributed by atoms with Crippen LogP contribution in [0.5, 0.6) is 5.75 Å². The number of nitrogens with zero attached hydrogens (tertiary/aromatic N) is 3. The number of hydrogen-bond acceptors (Lipinski definition) is 3. The van der Waals surface area contributed by atoms with E-state index in [9.17, 15) is 22.4 Å². The van der Waals surface area contributed by atoms with Crippen LogP contribution in [-0.2, 0) is 0 Å². The van der Waals surface area contributed by atoms with Gasteiger partial charge in [0.1, 0.15) is 19.0 Å². The molecule has 0 spiro atoms. The predicted molar refractivity (Wildman–Crippen MR) is 61.1 cm³/mol. The number of fused-ring (bicyclic) bond motifs is 1. The molecule has 1 aromatic heterocycles. The number of rotatable bonds is 1. The second-order valence-corrected chi connectivity index (χ2v) is 4.23. The predicted octanol–water partition coefficient (Wildman–Crippen LogP) is 2.03. The Labute approximate surface area is 111 Å². The Morgan fingerprint density at radius 1 is 1.55 bits per heavy atom. The minimum Gasteiger partial charge on any atom is -0.488 e. The van der Waals surface area contributed by atoms with Crippen molar-refractivity contribution in [3.63, 3.8) is 0 Å². The van der Waals surface area contributed by atoms with Crippen molar-refractivity contribution in [1.82, 2.24) is 9.88 Å². The van der Waals surface area contributed by atoms with Crippen LogP contribution in [0.4, 0.5) is 28.2 Å². The lowest BCUT2D eigenvalue weighted by Gasteiger charge is -2.31. The number of halogens is 4. The standard InChI is InChI=1S/C11H11F4N3O2/c1-17(6-11(13,14)15)10(19)18-2-3-20-8-4-7(12)5-16-9(8)18/h4-5H,2-3,6H2,1H3. The topological polar surface area (TPSA) is 45.7 Å². The maximum Gasteiger partial charge on any atom is 0.406 e. The molecule has 0 aliphatic carbocycles. The summed E-state index contributed by atoms with van der Waals surface area (Å²) < 4.78 is 55.0. The molecule has 0 saturated heterocycles. The summed E-state index contributed by atoms with van der Waals surface area (Å²) in [5.41, 5.74) is 0. The van der Waals surface area contributed by atoms with Crippen molar-refractivity contribution in [1.29, 1.82) is 0 Å². The van der Waals surface area contributed by atoms with E-state index in [1.165, 1.54) is 0 Å². The average Bonchev–Trinajstić information content (AvgIpc) is 2.34. The van der Waals surface area contributed by atoms with Crippen LogP contribution in [0.2, 0.25) is 0 Å². The Bertz CT molecular complexity index is 521. The molecule has 0 aromatic carbocycles. The quantitative estimate of drug-likeness (QED) is 0.744. The lowest BCUT2D eigenvalue weighted by Crippen LogP contribution is -2.48. The lowest BCUT2D eigenvalue weighted by atomic mass is 10.3. The maximum atomic E-state index is 13.0. The molecule has 1 aliphatic rings. The summed E-state index contributed by atoms with van der Waals surface area (Å²) in [6.45, 7) is -1.27.